The van der Waals surface area contributed by atoms with Crippen molar-refractivity contribution in [3.8, 4) is 0 Å². The SMILES string of the molecule is Cc1cc([C@@H](C)Nc2ccccc2[N+](=O)[O-])c2nc(N3CCOCC3)n(C)c(=O)c2c1. The number of nitro groups is 1. The minimum absolute atomic E-state index is 0.00388. The van der Waals surface area contributed by atoms with Crippen LogP contribution in [-0.4, -0.2) is 40.8 Å². The number of nitrogens with one attached hydrogen (secondary N) is 1. The molecule has 2 aromatic carbocycles. The second-order valence-corrected chi connectivity index (χ2v) is 7.77. The molecule has 9 nitrogen and oxygen atoms in total. The monoisotopic (exact) mass is 423 g/mol. The van der Waals surface area contributed by atoms with Crippen molar-refractivity contribution in [1.29, 1.82) is 0 Å². The summed E-state index contributed by atoms with van der Waals surface area (Å²) >= 11 is 0. The lowest BCUT2D eigenvalue weighted by molar-refractivity contribution is -0.384. The number of para-hydroxylation sites is 2. The number of hydrogen-bond donors (Lipinski definition) is 1. The smallest absolute Gasteiger partial charge is 0.292 e. The Morgan fingerprint density at radius 3 is 2.65 bits per heavy atom. The first kappa shape index (κ1) is 20.8. The van der Waals surface area contributed by atoms with Gasteiger partial charge in [0.15, 0.2) is 0 Å². The molecule has 1 atom stereocenters. The third-order valence-corrected chi connectivity index (χ3v) is 5.56. The van der Waals surface area contributed by atoms with Crippen LogP contribution in [0.3, 0.4) is 0 Å². The molecule has 0 radical (unpaired) electrons. The van der Waals surface area contributed by atoms with E-state index in [-0.39, 0.29) is 17.3 Å². The molecule has 0 aliphatic carbocycles. The Hall–Kier alpha value is -3.46. The minimum atomic E-state index is -0.409. The molecule has 0 saturated carbocycles. The molecule has 4 rings (SSSR count). The van der Waals surface area contributed by atoms with Crippen LogP contribution in [0.1, 0.15) is 24.1 Å². The maximum atomic E-state index is 13.2. The Morgan fingerprint density at radius 1 is 1.23 bits per heavy atom. The normalized spacial score (nSPS) is 15.1. The highest BCUT2D eigenvalue weighted by atomic mass is 16.6. The first-order chi connectivity index (χ1) is 14.9. The van der Waals surface area contributed by atoms with Gasteiger partial charge in [0.25, 0.3) is 11.2 Å². The van der Waals surface area contributed by atoms with Crippen LogP contribution in [0.25, 0.3) is 10.9 Å². The Bertz CT molecular complexity index is 1200. The summed E-state index contributed by atoms with van der Waals surface area (Å²) < 4.78 is 7.01. The lowest BCUT2D eigenvalue weighted by Crippen LogP contribution is -2.40. The summed E-state index contributed by atoms with van der Waals surface area (Å²) in [5, 5.41) is 15.2. The summed E-state index contributed by atoms with van der Waals surface area (Å²) in [6, 6.07) is 10.0. The van der Waals surface area contributed by atoms with Crippen molar-refractivity contribution >= 4 is 28.2 Å². The van der Waals surface area contributed by atoms with Gasteiger partial charge in [0, 0.05) is 31.8 Å². The van der Waals surface area contributed by atoms with Crippen molar-refractivity contribution < 1.29 is 9.66 Å². The van der Waals surface area contributed by atoms with E-state index in [2.05, 4.69) is 5.32 Å². The van der Waals surface area contributed by atoms with E-state index in [0.717, 1.165) is 11.1 Å². The highest BCUT2D eigenvalue weighted by Gasteiger charge is 2.22. The molecule has 2 heterocycles. The predicted octanol–water partition coefficient (Wildman–Crippen LogP) is 3.16. The zero-order valence-corrected chi connectivity index (χ0v) is 17.8. The van der Waals surface area contributed by atoms with Gasteiger partial charge in [-0.05, 0) is 31.5 Å². The number of fused-ring (bicyclic) bond motifs is 1. The molecule has 31 heavy (non-hydrogen) atoms. The Morgan fingerprint density at radius 2 is 1.94 bits per heavy atom. The fourth-order valence-corrected chi connectivity index (χ4v) is 3.98. The number of nitrogens with zero attached hydrogens (tertiary/aromatic N) is 4. The van der Waals surface area contributed by atoms with E-state index in [9.17, 15) is 14.9 Å². The summed E-state index contributed by atoms with van der Waals surface area (Å²) in [6.07, 6.45) is 0. The molecular weight excluding hydrogens is 398 g/mol. The van der Waals surface area contributed by atoms with Gasteiger partial charge in [0.2, 0.25) is 5.95 Å². The summed E-state index contributed by atoms with van der Waals surface area (Å²) in [7, 11) is 1.73. The number of ether oxygens (including phenoxy) is 1. The van der Waals surface area contributed by atoms with Crippen molar-refractivity contribution in [2.75, 3.05) is 36.5 Å². The molecule has 1 saturated heterocycles. The number of anilines is 2. The number of morpholine rings is 1. The van der Waals surface area contributed by atoms with Gasteiger partial charge in [-0.25, -0.2) is 4.98 Å². The number of hydrogen-bond acceptors (Lipinski definition) is 7. The number of aryl methyl sites for hydroxylation is 1. The van der Waals surface area contributed by atoms with Gasteiger partial charge < -0.3 is 15.0 Å². The average molecular weight is 423 g/mol. The van der Waals surface area contributed by atoms with Crippen LogP contribution < -0.4 is 15.8 Å². The van der Waals surface area contributed by atoms with E-state index in [1.807, 2.05) is 30.9 Å². The zero-order chi connectivity index (χ0) is 22.1. The van der Waals surface area contributed by atoms with Crippen molar-refractivity contribution in [3.63, 3.8) is 0 Å². The van der Waals surface area contributed by atoms with E-state index >= 15 is 0 Å². The van der Waals surface area contributed by atoms with E-state index < -0.39 is 4.92 Å². The van der Waals surface area contributed by atoms with Crippen LogP contribution in [0.15, 0.2) is 41.2 Å². The van der Waals surface area contributed by atoms with Crippen molar-refractivity contribution in [2.45, 2.75) is 19.9 Å². The molecule has 0 unspecified atom stereocenters. The maximum Gasteiger partial charge on any atom is 0.292 e. The molecule has 1 aliphatic rings. The summed E-state index contributed by atoms with van der Waals surface area (Å²) in [5.41, 5.74) is 2.66. The summed E-state index contributed by atoms with van der Waals surface area (Å²) in [4.78, 5) is 31.1. The number of aromatic nitrogens is 2. The van der Waals surface area contributed by atoms with Crippen LogP contribution in [0.4, 0.5) is 17.3 Å². The second-order valence-electron chi connectivity index (χ2n) is 7.77. The fraction of sp³-hybridized carbons (Fsp3) is 0.364. The van der Waals surface area contributed by atoms with E-state index in [0.29, 0.717) is 48.8 Å². The summed E-state index contributed by atoms with van der Waals surface area (Å²) in [6.45, 7) is 6.34. The van der Waals surface area contributed by atoms with Crippen molar-refractivity contribution in [2.24, 2.45) is 7.05 Å². The van der Waals surface area contributed by atoms with Crippen LogP contribution in [0, 0.1) is 17.0 Å². The van der Waals surface area contributed by atoms with Gasteiger partial charge in [0.1, 0.15) is 5.69 Å². The quantitative estimate of drug-likeness (QED) is 0.497. The lowest BCUT2D eigenvalue weighted by atomic mass is 10.0. The number of nitro benzene ring substituents is 1. The van der Waals surface area contributed by atoms with Gasteiger partial charge in [-0.3, -0.25) is 19.5 Å². The number of rotatable bonds is 5. The standard InChI is InChI=1S/C22H25N5O4/c1-14-12-16(15(2)23-18-6-4-5-7-19(18)27(29)30)20-17(13-14)21(28)25(3)22(24-20)26-8-10-31-11-9-26/h4-7,12-13,15,23H,8-11H2,1-3H3/t15-/m1/s1. The minimum Gasteiger partial charge on any atom is -0.378 e. The molecule has 0 amide bonds. The van der Waals surface area contributed by atoms with Gasteiger partial charge >= 0.3 is 0 Å². The molecule has 1 fully saturated rings. The highest BCUT2D eigenvalue weighted by Crippen LogP contribution is 2.31. The average Bonchev–Trinajstić information content (AvgIpc) is 2.77. The van der Waals surface area contributed by atoms with Crippen LogP contribution >= 0.6 is 0 Å². The van der Waals surface area contributed by atoms with Gasteiger partial charge in [-0.1, -0.05) is 18.2 Å². The third kappa shape index (κ3) is 3.96. The molecule has 0 bridgehead atoms. The first-order valence-corrected chi connectivity index (χ1v) is 10.2. The molecule has 1 aromatic heterocycles. The molecule has 0 spiro atoms. The molecule has 1 aliphatic heterocycles. The van der Waals surface area contributed by atoms with E-state index in [1.165, 1.54) is 6.07 Å². The largest absolute Gasteiger partial charge is 0.378 e. The van der Waals surface area contributed by atoms with E-state index in [4.69, 9.17) is 9.72 Å². The molecule has 1 N–H and O–H groups in total. The van der Waals surface area contributed by atoms with Crippen LogP contribution in [0.5, 0.6) is 0 Å². The van der Waals surface area contributed by atoms with Crippen molar-refractivity contribution in [3.05, 3.63) is 68.0 Å². The first-order valence-electron chi connectivity index (χ1n) is 10.2. The molecule has 162 valence electrons. The maximum absolute atomic E-state index is 13.2. The van der Waals surface area contributed by atoms with Gasteiger partial charge in [0.05, 0.1) is 35.1 Å². The summed E-state index contributed by atoms with van der Waals surface area (Å²) in [5.74, 6) is 0.601. The highest BCUT2D eigenvalue weighted by molar-refractivity contribution is 5.84. The van der Waals surface area contributed by atoms with Gasteiger partial charge in [-0.2, -0.15) is 0 Å². The molecular formula is C22H25N5O4. The topological polar surface area (TPSA) is 103 Å². The van der Waals surface area contributed by atoms with Crippen molar-refractivity contribution in [1.82, 2.24) is 9.55 Å². The Balaban J connectivity index is 1.83. The zero-order valence-electron chi connectivity index (χ0n) is 17.8. The van der Waals surface area contributed by atoms with E-state index in [1.54, 1.807) is 29.8 Å². The Kier molecular flexibility index (Phi) is 5.60. The fourth-order valence-electron chi connectivity index (χ4n) is 3.98. The van der Waals surface area contributed by atoms with Crippen LogP contribution in [0.2, 0.25) is 0 Å². The molecule has 3 aromatic rings. The molecule has 9 heteroatoms. The number of benzene rings is 2. The Labute approximate surface area is 179 Å². The third-order valence-electron chi connectivity index (χ3n) is 5.56. The van der Waals surface area contributed by atoms with Gasteiger partial charge in [-0.15, -0.1) is 0 Å². The lowest BCUT2D eigenvalue weighted by Gasteiger charge is -2.29. The second kappa shape index (κ2) is 8.35. The van der Waals surface area contributed by atoms with Crippen LogP contribution in [-0.2, 0) is 11.8 Å². The predicted molar refractivity (Wildman–Crippen MR) is 120 cm³/mol.